The number of rotatable bonds is 4. The van der Waals surface area contributed by atoms with Crippen LogP contribution in [0.15, 0.2) is 45.4 Å². The Hall–Kier alpha value is -1.63. The molecule has 0 saturated carbocycles. The van der Waals surface area contributed by atoms with Crippen LogP contribution in [0.4, 0.5) is 0 Å². The van der Waals surface area contributed by atoms with E-state index in [1.807, 2.05) is 42.6 Å². The summed E-state index contributed by atoms with van der Waals surface area (Å²) in [7, 11) is 0. The van der Waals surface area contributed by atoms with Crippen molar-refractivity contribution in [1.82, 2.24) is 9.97 Å². The Kier molecular flexibility index (Phi) is 4.10. The summed E-state index contributed by atoms with van der Waals surface area (Å²) < 4.78 is 0.685. The molecule has 3 rings (SSSR count). The average Bonchev–Trinajstić information content (AvgIpc) is 2.94. The first-order valence-electron chi connectivity index (χ1n) is 6.58. The maximum atomic E-state index is 11.9. The van der Waals surface area contributed by atoms with Crippen molar-refractivity contribution in [2.75, 3.05) is 0 Å². The van der Waals surface area contributed by atoms with Gasteiger partial charge < -0.3 is 10.7 Å². The van der Waals surface area contributed by atoms with Gasteiger partial charge in [-0.25, -0.2) is 4.98 Å². The van der Waals surface area contributed by atoms with Crippen LogP contribution in [-0.2, 0) is 5.75 Å². The van der Waals surface area contributed by atoms with Gasteiger partial charge in [0.05, 0.1) is 11.3 Å². The lowest BCUT2D eigenvalue weighted by molar-refractivity contribution is 0.817. The molecule has 0 aliphatic heterocycles. The summed E-state index contributed by atoms with van der Waals surface area (Å²) in [5.74, 6) is 1.34. The third kappa shape index (κ3) is 3.18. The minimum atomic E-state index is -0.0575. The van der Waals surface area contributed by atoms with Crippen LogP contribution in [0.25, 0.3) is 10.2 Å². The molecule has 0 aliphatic carbocycles. The molecule has 2 heterocycles. The highest BCUT2D eigenvalue weighted by Crippen LogP contribution is 2.23. The Balaban J connectivity index is 1.75. The summed E-state index contributed by atoms with van der Waals surface area (Å²) in [6.45, 7) is 1.97. The second-order valence-corrected chi connectivity index (χ2v) is 6.76. The van der Waals surface area contributed by atoms with E-state index in [0.717, 1.165) is 16.0 Å². The molecule has 0 spiro atoms. The van der Waals surface area contributed by atoms with Crippen molar-refractivity contribution in [1.29, 1.82) is 0 Å². The second-order valence-electron chi connectivity index (χ2n) is 4.79. The molecule has 0 saturated heterocycles. The lowest BCUT2D eigenvalue weighted by Gasteiger charge is -2.06. The SMILES string of the molecule is CC(N)c1ccc(SCc2nc3ccsc3c(=O)[nH]2)cc1. The van der Waals surface area contributed by atoms with Crippen LogP contribution < -0.4 is 11.3 Å². The van der Waals surface area contributed by atoms with E-state index in [4.69, 9.17) is 5.73 Å². The fourth-order valence-electron chi connectivity index (χ4n) is 2.01. The lowest BCUT2D eigenvalue weighted by atomic mass is 10.1. The van der Waals surface area contributed by atoms with Gasteiger partial charge in [0.15, 0.2) is 0 Å². The van der Waals surface area contributed by atoms with Gasteiger partial charge in [-0.3, -0.25) is 4.79 Å². The van der Waals surface area contributed by atoms with E-state index in [1.165, 1.54) is 11.3 Å². The molecule has 0 bridgehead atoms. The monoisotopic (exact) mass is 317 g/mol. The number of hydrogen-bond acceptors (Lipinski definition) is 5. The zero-order valence-electron chi connectivity index (χ0n) is 11.5. The number of nitrogens with one attached hydrogen (secondary N) is 1. The summed E-state index contributed by atoms with van der Waals surface area (Å²) in [6.07, 6.45) is 0. The van der Waals surface area contributed by atoms with Gasteiger partial charge in [0.25, 0.3) is 5.56 Å². The number of H-pyrrole nitrogens is 1. The molecular formula is C15H15N3OS2. The van der Waals surface area contributed by atoms with E-state index in [1.54, 1.807) is 11.8 Å². The van der Waals surface area contributed by atoms with Crippen LogP contribution in [0.3, 0.4) is 0 Å². The van der Waals surface area contributed by atoms with Crippen molar-refractivity contribution in [3.8, 4) is 0 Å². The first-order valence-corrected chi connectivity index (χ1v) is 8.45. The standard InChI is InChI=1S/C15H15N3OS2/c1-9(16)10-2-4-11(5-3-10)21-8-13-17-12-6-7-20-14(12)15(19)18-13/h2-7,9H,8,16H2,1H3,(H,17,18,19). The predicted octanol–water partition coefficient (Wildman–Crippen LogP) is 3.30. The normalized spacial score (nSPS) is 12.7. The van der Waals surface area contributed by atoms with Gasteiger partial charge in [-0.1, -0.05) is 12.1 Å². The van der Waals surface area contributed by atoms with Crippen LogP contribution in [-0.4, -0.2) is 9.97 Å². The van der Waals surface area contributed by atoms with Gasteiger partial charge in [0, 0.05) is 10.9 Å². The number of benzene rings is 1. The van der Waals surface area contributed by atoms with Gasteiger partial charge in [0.2, 0.25) is 0 Å². The minimum Gasteiger partial charge on any atom is -0.324 e. The number of nitrogens with two attached hydrogens (primary N) is 1. The van der Waals surface area contributed by atoms with Crippen LogP contribution in [0, 0.1) is 0 Å². The topological polar surface area (TPSA) is 71.8 Å². The number of thiophene rings is 1. The van der Waals surface area contributed by atoms with Crippen molar-refractivity contribution in [3.63, 3.8) is 0 Å². The summed E-state index contributed by atoms with van der Waals surface area (Å²) in [5, 5.41) is 1.89. The highest BCUT2D eigenvalue weighted by atomic mass is 32.2. The Morgan fingerprint density at radius 2 is 2.10 bits per heavy atom. The fraction of sp³-hybridized carbons (Fsp3) is 0.200. The molecule has 0 fully saturated rings. The van der Waals surface area contributed by atoms with Crippen molar-refractivity contribution >= 4 is 33.3 Å². The Morgan fingerprint density at radius 3 is 2.81 bits per heavy atom. The molecule has 1 unspecified atom stereocenters. The number of fused-ring (bicyclic) bond motifs is 1. The van der Waals surface area contributed by atoms with E-state index in [2.05, 4.69) is 9.97 Å². The van der Waals surface area contributed by atoms with Gasteiger partial charge in [0.1, 0.15) is 10.5 Å². The Morgan fingerprint density at radius 1 is 1.33 bits per heavy atom. The number of hydrogen-bond donors (Lipinski definition) is 2. The maximum Gasteiger partial charge on any atom is 0.268 e. The zero-order chi connectivity index (χ0) is 14.8. The maximum absolute atomic E-state index is 11.9. The predicted molar refractivity (Wildman–Crippen MR) is 88.8 cm³/mol. The molecule has 6 heteroatoms. The molecule has 21 heavy (non-hydrogen) atoms. The largest absolute Gasteiger partial charge is 0.324 e. The first kappa shape index (κ1) is 14.3. The third-order valence-corrected chi connectivity index (χ3v) is 5.07. The fourth-order valence-corrected chi connectivity index (χ4v) is 3.50. The minimum absolute atomic E-state index is 0.0445. The summed E-state index contributed by atoms with van der Waals surface area (Å²) in [5.41, 5.74) is 7.66. The van der Waals surface area contributed by atoms with E-state index in [-0.39, 0.29) is 11.6 Å². The molecule has 1 atom stereocenters. The van der Waals surface area contributed by atoms with Crippen molar-refractivity contribution in [3.05, 3.63) is 57.5 Å². The number of nitrogens with zero attached hydrogens (tertiary/aromatic N) is 1. The van der Waals surface area contributed by atoms with E-state index < -0.39 is 0 Å². The molecular weight excluding hydrogens is 302 g/mol. The molecule has 4 nitrogen and oxygen atoms in total. The molecule has 1 aromatic carbocycles. The van der Waals surface area contributed by atoms with Gasteiger partial charge in [-0.2, -0.15) is 0 Å². The number of thioether (sulfide) groups is 1. The molecule has 3 aromatic rings. The summed E-state index contributed by atoms with van der Waals surface area (Å²) in [6, 6.07) is 10.1. The highest BCUT2D eigenvalue weighted by molar-refractivity contribution is 7.98. The number of aromatic amines is 1. The first-order chi connectivity index (χ1) is 10.1. The van der Waals surface area contributed by atoms with E-state index >= 15 is 0 Å². The third-order valence-electron chi connectivity index (χ3n) is 3.15. The highest BCUT2D eigenvalue weighted by Gasteiger charge is 2.06. The quantitative estimate of drug-likeness (QED) is 0.724. The van der Waals surface area contributed by atoms with Crippen LogP contribution in [0.1, 0.15) is 24.4 Å². The van der Waals surface area contributed by atoms with Gasteiger partial charge >= 0.3 is 0 Å². The van der Waals surface area contributed by atoms with Crippen LogP contribution >= 0.6 is 23.1 Å². The zero-order valence-corrected chi connectivity index (χ0v) is 13.1. The van der Waals surface area contributed by atoms with Gasteiger partial charge in [-0.05, 0) is 36.1 Å². The number of aromatic nitrogens is 2. The summed E-state index contributed by atoms with van der Waals surface area (Å²) in [4.78, 5) is 20.3. The van der Waals surface area contributed by atoms with Crippen LogP contribution in [0.5, 0.6) is 0 Å². The van der Waals surface area contributed by atoms with Gasteiger partial charge in [-0.15, -0.1) is 23.1 Å². The molecule has 0 amide bonds. The summed E-state index contributed by atoms with van der Waals surface area (Å²) >= 11 is 3.06. The van der Waals surface area contributed by atoms with Crippen molar-refractivity contribution in [2.24, 2.45) is 5.73 Å². The van der Waals surface area contributed by atoms with Crippen LogP contribution in [0.2, 0.25) is 0 Å². The molecule has 2 aromatic heterocycles. The molecule has 108 valence electrons. The Labute approximate surface area is 130 Å². The smallest absolute Gasteiger partial charge is 0.268 e. The Bertz CT molecular complexity index is 806. The molecule has 0 aliphatic rings. The molecule has 3 N–H and O–H groups in total. The van der Waals surface area contributed by atoms with E-state index in [9.17, 15) is 4.79 Å². The second kappa shape index (κ2) is 6.01. The average molecular weight is 317 g/mol. The molecule has 0 radical (unpaired) electrons. The van der Waals surface area contributed by atoms with Crippen molar-refractivity contribution < 1.29 is 0 Å². The van der Waals surface area contributed by atoms with E-state index in [0.29, 0.717) is 16.3 Å². The lowest BCUT2D eigenvalue weighted by Crippen LogP contribution is -2.09. The van der Waals surface area contributed by atoms with Crippen molar-refractivity contribution in [2.45, 2.75) is 23.6 Å².